The third kappa shape index (κ3) is 3.47. The summed E-state index contributed by atoms with van der Waals surface area (Å²) < 4.78 is 7.29. The molecule has 0 N–H and O–H groups in total. The predicted octanol–water partition coefficient (Wildman–Crippen LogP) is 3.69. The average Bonchev–Trinajstić information content (AvgIpc) is 3.44. The van der Waals surface area contributed by atoms with Crippen LogP contribution in [0.2, 0.25) is 0 Å². The molecular weight excluding hydrogens is 406 g/mol. The molecule has 1 aliphatic heterocycles. The van der Waals surface area contributed by atoms with Gasteiger partial charge in [0.1, 0.15) is 5.69 Å². The van der Waals surface area contributed by atoms with E-state index in [0.717, 1.165) is 23.2 Å². The summed E-state index contributed by atoms with van der Waals surface area (Å²) in [5.41, 5.74) is 3.52. The van der Waals surface area contributed by atoms with E-state index in [0.29, 0.717) is 42.4 Å². The molecular formula is C24H23N5O3. The minimum absolute atomic E-state index is 0.0419. The summed E-state index contributed by atoms with van der Waals surface area (Å²) >= 11 is 0. The van der Waals surface area contributed by atoms with Gasteiger partial charge < -0.3 is 14.0 Å². The van der Waals surface area contributed by atoms with Gasteiger partial charge in [0, 0.05) is 30.8 Å². The van der Waals surface area contributed by atoms with E-state index in [9.17, 15) is 9.59 Å². The zero-order valence-corrected chi connectivity index (χ0v) is 18.0. The molecule has 0 spiro atoms. The fourth-order valence-corrected chi connectivity index (χ4v) is 4.21. The molecule has 8 nitrogen and oxygen atoms in total. The molecule has 0 aliphatic carbocycles. The summed E-state index contributed by atoms with van der Waals surface area (Å²) in [6.07, 6.45) is 1.19. The molecule has 1 fully saturated rings. The number of carbonyl (C=O) groups is 1. The molecule has 0 unspecified atom stereocenters. The number of para-hydroxylation sites is 1. The Kier molecular flexibility index (Phi) is 5.05. The number of amides is 1. The number of hydrogen-bond acceptors (Lipinski definition) is 6. The summed E-state index contributed by atoms with van der Waals surface area (Å²) in [6, 6.07) is 15.2. The minimum Gasteiger partial charge on any atom is -0.339 e. The van der Waals surface area contributed by atoms with E-state index >= 15 is 0 Å². The summed E-state index contributed by atoms with van der Waals surface area (Å²) in [7, 11) is 0. The molecule has 1 saturated heterocycles. The Bertz CT molecular complexity index is 1360. The largest absolute Gasteiger partial charge is 0.339 e. The highest BCUT2D eigenvalue weighted by atomic mass is 16.5. The van der Waals surface area contributed by atoms with Crippen LogP contribution in [0.3, 0.4) is 0 Å². The van der Waals surface area contributed by atoms with Crippen LogP contribution >= 0.6 is 0 Å². The third-order valence-corrected chi connectivity index (χ3v) is 5.80. The summed E-state index contributed by atoms with van der Waals surface area (Å²) in [5.74, 6) is 0.784. The molecule has 3 heterocycles. The first-order valence-electron chi connectivity index (χ1n) is 10.8. The molecule has 162 valence electrons. The van der Waals surface area contributed by atoms with Crippen LogP contribution in [0.4, 0.5) is 5.69 Å². The number of anilines is 1. The van der Waals surface area contributed by atoms with Crippen molar-refractivity contribution in [2.75, 3.05) is 11.4 Å². The zero-order chi connectivity index (χ0) is 22.2. The van der Waals surface area contributed by atoms with Crippen LogP contribution in [0.15, 0.2) is 57.8 Å². The van der Waals surface area contributed by atoms with Crippen molar-refractivity contribution in [3.63, 3.8) is 0 Å². The van der Waals surface area contributed by atoms with Gasteiger partial charge in [-0.25, -0.2) is 4.98 Å². The van der Waals surface area contributed by atoms with Crippen LogP contribution in [-0.4, -0.2) is 32.1 Å². The van der Waals surface area contributed by atoms with Gasteiger partial charge in [-0.2, -0.15) is 4.98 Å². The summed E-state index contributed by atoms with van der Waals surface area (Å²) in [4.78, 5) is 35.8. The third-order valence-electron chi connectivity index (χ3n) is 5.80. The fraction of sp³-hybridized carbons (Fsp3) is 0.292. The van der Waals surface area contributed by atoms with Crippen molar-refractivity contribution >= 4 is 22.6 Å². The lowest BCUT2D eigenvalue weighted by atomic mass is 10.1. The molecule has 2 aromatic carbocycles. The van der Waals surface area contributed by atoms with Gasteiger partial charge in [-0.05, 0) is 43.7 Å². The molecule has 0 radical (unpaired) electrons. The lowest BCUT2D eigenvalue weighted by Crippen LogP contribution is -2.24. The maximum atomic E-state index is 12.5. The van der Waals surface area contributed by atoms with Crippen LogP contribution in [0.5, 0.6) is 0 Å². The van der Waals surface area contributed by atoms with Gasteiger partial charge in [-0.3, -0.25) is 9.59 Å². The van der Waals surface area contributed by atoms with Crippen LogP contribution in [0, 0.1) is 6.92 Å². The quantitative estimate of drug-likeness (QED) is 0.480. The van der Waals surface area contributed by atoms with E-state index in [4.69, 9.17) is 4.52 Å². The lowest BCUT2D eigenvalue weighted by Gasteiger charge is -2.15. The van der Waals surface area contributed by atoms with E-state index < -0.39 is 0 Å². The van der Waals surface area contributed by atoms with E-state index in [1.165, 1.54) is 0 Å². The molecule has 1 aliphatic rings. The number of aryl methyl sites for hydroxylation is 2. The molecule has 0 bridgehead atoms. The Balaban J connectivity index is 1.44. The summed E-state index contributed by atoms with van der Waals surface area (Å²) in [6.45, 7) is 4.91. The number of rotatable bonds is 5. The number of aromatic nitrogens is 4. The van der Waals surface area contributed by atoms with Gasteiger partial charge in [0.2, 0.25) is 17.6 Å². The Morgan fingerprint density at radius 2 is 1.91 bits per heavy atom. The number of fused-ring (bicyclic) bond motifs is 1. The highest BCUT2D eigenvalue weighted by Gasteiger charge is 2.35. The topological polar surface area (TPSA) is 94.1 Å². The van der Waals surface area contributed by atoms with Crippen molar-refractivity contribution in [2.45, 2.75) is 39.2 Å². The zero-order valence-electron chi connectivity index (χ0n) is 18.0. The smallest absolute Gasteiger partial charge is 0.272 e. The van der Waals surface area contributed by atoms with Crippen LogP contribution in [0.25, 0.3) is 22.4 Å². The summed E-state index contributed by atoms with van der Waals surface area (Å²) in [5, 5.41) is 4.15. The van der Waals surface area contributed by atoms with E-state index in [2.05, 4.69) is 15.1 Å². The van der Waals surface area contributed by atoms with Crippen molar-refractivity contribution < 1.29 is 9.32 Å². The second-order valence-electron chi connectivity index (χ2n) is 8.05. The number of nitrogens with zero attached hydrogens (tertiary/aromatic N) is 5. The first-order valence-corrected chi connectivity index (χ1v) is 10.8. The maximum Gasteiger partial charge on any atom is 0.272 e. The van der Waals surface area contributed by atoms with E-state index in [1.54, 1.807) is 16.4 Å². The average molecular weight is 429 g/mol. The van der Waals surface area contributed by atoms with Crippen LogP contribution in [-0.2, 0) is 11.3 Å². The second kappa shape index (κ2) is 8.03. The van der Waals surface area contributed by atoms with Crippen molar-refractivity contribution in [1.82, 2.24) is 19.7 Å². The normalized spacial score (nSPS) is 16.2. The predicted molar refractivity (Wildman–Crippen MR) is 120 cm³/mol. The fourth-order valence-electron chi connectivity index (χ4n) is 4.21. The highest BCUT2D eigenvalue weighted by molar-refractivity contribution is 5.96. The molecule has 0 saturated carbocycles. The molecule has 32 heavy (non-hydrogen) atoms. The first kappa shape index (κ1) is 20.1. The van der Waals surface area contributed by atoms with Crippen LogP contribution < -0.4 is 10.5 Å². The molecule has 8 heteroatoms. The number of hydrogen-bond donors (Lipinski definition) is 0. The van der Waals surface area contributed by atoms with Gasteiger partial charge in [0.15, 0.2) is 0 Å². The van der Waals surface area contributed by atoms with E-state index in [1.807, 2.05) is 55.5 Å². The van der Waals surface area contributed by atoms with Gasteiger partial charge in [0.05, 0.1) is 17.0 Å². The Hall–Kier alpha value is -3.81. The first-order chi connectivity index (χ1) is 15.5. The maximum absolute atomic E-state index is 12.5. The molecule has 4 aromatic rings. The molecule has 1 atom stereocenters. The molecule has 2 aromatic heterocycles. The monoisotopic (exact) mass is 429 g/mol. The van der Waals surface area contributed by atoms with E-state index in [-0.39, 0.29) is 17.4 Å². The van der Waals surface area contributed by atoms with Crippen molar-refractivity contribution in [3.05, 3.63) is 70.5 Å². The number of benzene rings is 2. The Morgan fingerprint density at radius 3 is 2.69 bits per heavy atom. The minimum atomic E-state index is -0.153. The number of carbonyl (C=O) groups excluding carboxylic acids is 1. The SMILES string of the molecule is CCCn1c(=O)c(C)nc2cc(-c3noc([C@@H]4CC(=O)N(c5ccccc5)C4)n3)ccc21. The van der Waals surface area contributed by atoms with Crippen molar-refractivity contribution in [3.8, 4) is 11.4 Å². The standard InChI is InChI=1S/C24H23N5O3/c1-3-11-28-20-10-9-16(12-19(20)25-15(2)24(28)31)22-26-23(32-27-22)17-13-21(30)29(14-17)18-7-5-4-6-8-18/h4-10,12,17H,3,11,13-14H2,1-2H3/t17-/m1/s1. The van der Waals surface area contributed by atoms with Crippen molar-refractivity contribution in [1.29, 1.82) is 0 Å². The highest BCUT2D eigenvalue weighted by Crippen LogP contribution is 2.32. The second-order valence-corrected chi connectivity index (χ2v) is 8.05. The Labute approximate surface area is 184 Å². The molecule has 1 amide bonds. The van der Waals surface area contributed by atoms with Gasteiger partial charge >= 0.3 is 0 Å². The van der Waals surface area contributed by atoms with Gasteiger partial charge in [0.25, 0.3) is 5.56 Å². The van der Waals surface area contributed by atoms with Crippen LogP contribution in [0.1, 0.15) is 37.3 Å². The Morgan fingerprint density at radius 1 is 1.09 bits per heavy atom. The van der Waals surface area contributed by atoms with Gasteiger partial charge in [-0.15, -0.1) is 0 Å². The van der Waals surface area contributed by atoms with Crippen molar-refractivity contribution in [2.24, 2.45) is 0 Å². The van der Waals surface area contributed by atoms with Gasteiger partial charge in [-0.1, -0.05) is 30.3 Å². The molecule has 5 rings (SSSR count). The lowest BCUT2D eigenvalue weighted by molar-refractivity contribution is -0.117.